The Kier molecular flexibility index (Phi) is 4.25. The number of fused-ring (bicyclic) bond motifs is 1. The predicted molar refractivity (Wildman–Crippen MR) is 105 cm³/mol. The van der Waals surface area contributed by atoms with E-state index in [9.17, 15) is 13.5 Å². The number of benzene rings is 3. The van der Waals surface area contributed by atoms with Crippen LogP contribution in [0.5, 0.6) is 5.75 Å². The van der Waals surface area contributed by atoms with Crippen molar-refractivity contribution in [1.29, 1.82) is 0 Å². The molecule has 0 saturated carbocycles. The molecule has 27 heavy (non-hydrogen) atoms. The minimum atomic E-state index is -3.92. The van der Waals surface area contributed by atoms with Gasteiger partial charge in [-0.25, -0.2) is 13.4 Å². The first kappa shape index (κ1) is 17.4. The van der Waals surface area contributed by atoms with Crippen LogP contribution in [-0.2, 0) is 10.0 Å². The molecule has 4 rings (SSSR count). The van der Waals surface area contributed by atoms with Gasteiger partial charge in [0.15, 0.2) is 0 Å². The van der Waals surface area contributed by atoms with Gasteiger partial charge in [0.1, 0.15) is 11.6 Å². The number of phenolic OH excluding ortho intramolecular Hbond substituents is 1. The van der Waals surface area contributed by atoms with Gasteiger partial charge in [-0.05, 0) is 36.4 Å². The second-order valence-electron chi connectivity index (χ2n) is 5.90. The summed E-state index contributed by atoms with van der Waals surface area (Å²) in [4.78, 5) is 7.66. The van der Waals surface area contributed by atoms with E-state index in [1.54, 1.807) is 6.07 Å². The number of H-pyrrole nitrogens is 1. The number of phenols is 1. The summed E-state index contributed by atoms with van der Waals surface area (Å²) in [6.07, 6.45) is 0. The highest BCUT2D eigenvalue weighted by Gasteiger charge is 2.18. The minimum Gasteiger partial charge on any atom is -0.506 e. The zero-order valence-electron chi connectivity index (χ0n) is 13.8. The zero-order valence-corrected chi connectivity index (χ0v) is 15.4. The van der Waals surface area contributed by atoms with Crippen molar-refractivity contribution in [2.75, 3.05) is 4.72 Å². The third-order valence-electron chi connectivity index (χ3n) is 4.01. The first-order valence-corrected chi connectivity index (χ1v) is 9.85. The summed E-state index contributed by atoms with van der Waals surface area (Å²) < 4.78 is 27.7. The van der Waals surface area contributed by atoms with Gasteiger partial charge in [-0.1, -0.05) is 41.9 Å². The van der Waals surface area contributed by atoms with E-state index in [0.717, 1.165) is 5.56 Å². The molecule has 0 aliphatic carbocycles. The van der Waals surface area contributed by atoms with Crippen molar-refractivity contribution in [3.8, 4) is 17.1 Å². The van der Waals surface area contributed by atoms with Crippen LogP contribution in [0.1, 0.15) is 0 Å². The molecule has 0 bridgehead atoms. The maximum absolute atomic E-state index is 12.7. The second kappa shape index (κ2) is 6.61. The van der Waals surface area contributed by atoms with E-state index in [-0.39, 0.29) is 16.3 Å². The lowest BCUT2D eigenvalue weighted by atomic mass is 10.2. The molecule has 0 unspecified atom stereocenters. The third kappa shape index (κ3) is 3.47. The van der Waals surface area contributed by atoms with E-state index in [1.165, 1.54) is 30.3 Å². The Labute approximate surface area is 160 Å². The maximum atomic E-state index is 12.7. The molecule has 4 aromatic rings. The highest BCUT2D eigenvalue weighted by Crippen LogP contribution is 2.29. The zero-order chi connectivity index (χ0) is 19.0. The third-order valence-corrected chi connectivity index (χ3v) is 5.61. The van der Waals surface area contributed by atoms with Crippen LogP contribution in [0.4, 0.5) is 5.69 Å². The predicted octanol–water partition coefficient (Wildman–Crippen LogP) is 4.39. The second-order valence-corrected chi connectivity index (χ2v) is 8.02. The molecule has 0 amide bonds. The van der Waals surface area contributed by atoms with Crippen LogP contribution < -0.4 is 4.72 Å². The Balaban J connectivity index is 1.71. The SMILES string of the molecule is O=S(=O)(Nc1cc(Cl)ccc1O)c1ccc2nc(-c3ccccc3)[nH]c2c1. The summed E-state index contributed by atoms with van der Waals surface area (Å²) in [7, 11) is -3.92. The summed E-state index contributed by atoms with van der Waals surface area (Å²) in [5, 5.41) is 10.2. The van der Waals surface area contributed by atoms with Crippen molar-refractivity contribution in [2.45, 2.75) is 4.90 Å². The number of anilines is 1. The van der Waals surface area contributed by atoms with Gasteiger partial charge < -0.3 is 10.1 Å². The normalized spacial score (nSPS) is 11.6. The fourth-order valence-electron chi connectivity index (χ4n) is 2.68. The van der Waals surface area contributed by atoms with Gasteiger partial charge in [0, 0.05) is 10.6 Å². The van der Waals surface area contributed by atoms with Crippen LogP contribution in [0.15, 0.2) is 71.6 Å². The molecule has 0 fully saturated rings. The topological polar surface area (TPSA) is 95.1 Å². The molecule has 3 N–H and O–H groups in total. The van der Waals surface area contributed by atoms with Crippen molar-refractivity contribution < 1.29 is 13.5 Å². The summed E-state index contributed by atoms with van der Waals surface area (Å²) in [6, 6.07) is 18.3. The number of nitrogens with one attached hydrogen (secondary N) is 2. The Bertz CT molecular complexity index is 1240. The van der Waals surface area contributed by atoms with Crippen LogP contribution in [-0.4, -0.2) is 23.5 Å². The first-order chi connectivity index (χ1) is 12.9. The smallest absolute Gasteiger partial charge is 0.262 e. The number of aromatic hydroxyl groups is 1. The van der Waals surface area contributed by atoms with Gasteiger partial charge in [0.05, 0.1) is 21.6 Å². The van der Waals surface area contributed by atoms with Crippen LogP contribution in [0.2, 0.25) is 5.02 Å². The summed E-state index contributed by atoms with van der Waals surface area (Å²) in [5.74, 6) is 0.442. The standard InChI is InChI=1S/C19H14ClN3O3S/c20-13-6-9-18(24)17(10-13)23-27(25,26)14-7-8-15-16(11-14)22-19(21-15)12-4-2-1-3-5-12/h1-11,23-24H,(H,21,22). The molecule has 1 aromatic heterocycles. The molecular weight excluding hydrogens is 386 g/mol. The molecular formula is C19H14ClN3O3S. The average molecular weight is 400 g/mol. The molecule has 0 atom stereocenters. The number of imidazole rings is 1. The molecule has 0 radical (unpaired) electrons. The van der Waals surface area contributed by atoms with Crippen LogP contribution >= 0.6 is 11.6 Å². The van der Waals surface area contributed by atoms with Gasteiger partial charge in [-0.2, -0.15) is 0 Å². The van der Waals surface area contributed by atoms with E-state index in [2.05, 4.69) is 14.7 Å². The Morgan fingerprint density at radius 3 is 2.56 bits per heavy atom. The van der Waals surface area contributed by atoms with E-state index in [4.69, 9.17) is 11.6 Å². The molecule has 0 aliphatic heterocycles. The molecule has 136 valence electrons. The number of hydrogen-bond donors (Lipinski definition) is 3. The Morgan fingerprint density at radius 1 is 1.00 bits per heavy atom. The van der Waals surface area contributed by atoms with Gasteiger partial charge in [0.25, 0.3) is 10.0 Å². The first-order valence-electron chi connectivity index (χ1n) is 7.99. The van der Waals surface area contributed by atoms with Crippen molar-refractivity contribution in [1.82, 2.24) is 9.97 Å². The van der Waals surface area contributed by atoms with Crippen LogP contribution in [0, 0.1) is 0 Å². The average Bonchev–Trinajstić information content (AvgIpc) is 3.08. The molecule has 0 saturated heterocycles. The number of rotatable bonds is 4. The Hall–Kier alpha value is -3.03. The lowest BCUT2D eigenvalue weighted by Gasteiger charge is -2.10. The van der Waals surface area contributed by atoms with E-state index < -0.39 is 10.0 Å². The fourth-order valence-corrected chi connectivity index (χ4v) is 3.95. The number of aromatic nitrogens is 2. The van der Waals surface area contributed by atoms with Crippen LogP contribution in [0.25, 0.3) is 22.4 Å². The summed E-state index contributed by atoms with van der Waals surface area (Å²) in [5.41, 5.74) is 2.16. The minimum absolute atomic E-state index is 0.0113. The maximum Gasteiger partial charge on any atom is 0.262 e. The number of halogens is 1. The monoisotopic (exact) mass is 399 g/mol. The molecule has 1 heterocycles. The quantitative estimate of drug-likeness (QED) is 0.443. The van der Waals surface area contributed by atoms with Gasteiger partial charge in [0.2, 0.25) is 0 Å². The molecule has 8 heteroatoms. The van der Waals surface area contributed by atoms with Crippen molar-refractivity contribution in [3.63, 3.8) is 0 Å². The number of aromatic amines is 1. The Morgan fingerprint density at radius 2 is 1.78 bits per heavy atom. The number of hydrogen-bond acceptors (Lipinski definition) is 4. The lowest BCUT2D eigenvalue weighted by Crippen LogP contribution is -2.13. The fraction of sp³-hybridized carbons (Fsp3) is 0. The largest absolute Gasteiger partial charge is 0.506 e. The summed E-state index contributed by atoms with van der Waals surface area (Å²) in [6.45, 7) is 0. The molecule has 0 aliphatic rings. The van der Waals surface area contributed by atoms with Crippen molar-refractivity contribution in [2.24, 2.45) is 0 Å². The van der Waals surface area contributed by atoms with Gasteiger partial charge in [-0.15, -0.1) is 0 Å². The van der Waals surface area contributed by atoms with E-state index in [1.807, 2.05) is 30.3 Å². The molecule has 0 spiro atoms. The highest BCUT2D eigenvalue weighted by molar-refractivity contribution is 7.92. The number of nitrogens with zero attached hydrogens (tertiary/aromatic N) is 1. The van der Waals surface area contributed by atoms with Gasteiger partial charge in [-0.3, -0.25) is 4.72 Å². The van der Waals surface area contributed by atoms with Crippen molar-refractivity contribution in [3.05, 3.63) is 71.8 Å². The summed E-state index contributed by atoms with van der Waals surface area (Å²) >= 11 is 5.87. The van der Waals surface area contributed by atoms with E-state index >= 15 is 0 Å². The molecule has 6 nitrogen and oxygen atoms in total. The lowest BCUT2D eigenvalue weighted by molar-refractivity contribution is 0.477. The number of sulfonamides is 1. The van der Waals surface area contributed by atoms with Crippen LogP contribution in [0.3, 0.4) is 0 Å². The highest BCUT2D eigenvalue weighted by atomic mass is 35.5. The van der Waals surface area contributed by atoms with Crippen molar-refractivity contribution >= 4 is 38.3 Å². The van der Waals surface area contributed by atoms with E-state index in [0.29, 0.717) is 21.9 Å². The molecule has 3 aromatic carbocycles. The van der Waals surface area contributed by atoms with Gasteiger partial charge >= 0.3 is 0 Å².